The fourth-order valence-corrected chi connectivity index (χ4v) is 3.22. The highest BCUT2D eigenvalue weighted by Crippen LogP contribution is 2.20. The molecule has 3 N–H and O–H groups in total. The maximum Gasteiger partial charge on any atom is 0.276 e. The van der Waals surface area contributed by atoms with Crippen LogP contribution in [0.2, 0.25) is 5.02 Å². The second kappa shape index (κ2) is 9.05. The van der Waals surface area contributed by atoms with E-state index in [2.05, 4.69) is 25.9 Å². The summed E-state index contributed by atoms with van der Waals surface area (Å²) >= 11 is 12.3. The lowest BCUT2D eigenvalue weighted by Gasteiger charge is -2.17. The lowest BCUT2D eigenvalue weighted by atomic mass is 10.1. The van der Waals surface area contributed by atoms with Gasteiger partial charge in [0.05, 0.1) is 28.5 Å². The summed E-state index contributed by atoms with van der Waals surface area (Å²) < 4.78 is 13.6. The summed E-state index contributed by atoms with van der Waals surface area (Å²) in [5.41, 5.74) is 3.28. The lowest BCUT2D eigenvalue weighted by Crippen LogP contribution is -2.31. The van der Waals surface area contributed by atoms with Crippen LogP contribution in [0.5, 0.6) is 0 Å². The standard InChI is InChI=1S/C18H15ClFN5OS2/c1-10(11-2-4-13(19)14(20)6-11)23-18(27)24-12-3-5-16(21-7-12)25-17(26)15-8-28-9-22-15/h2-10H,1H3,(H,21,25,26)(H2,23,24,27). The first-order valence-electron chi connectivity index (χ1n) is 8.10. The molecule has 1 unspecified atom stereocenters. The van der Waals surface area contributed by atoms with Crippen molar-refractivity contribution in [1.29, 1.82) is 0 Å². The number of hydrogen-bond acceptors (Lipinski definition) is 5. The smallest absolute Gasteiger partial charge is 0.276 e. The summed E-state index contributed by atoms with van der Waals surface area (Å²) in [6, 6.07) is 7.74. The Kier molecular flexibility index (Phi) is 6.50. The summed E-state index contributed by atoms with van der Waals surface area (Å²) in [5.74, 6) is -0.408. The number of rotatable bonds is 5. The fraction of sp³-hybridized carbons (Fsp3) is 0.111. The summed E-state index contributed by atoms with van der Waals surface area (Å²) in [4.78, 5) is 20.1. The number of thiocarbonyl (C=S) groups is 1. The van der Waals surface area contributed by atoms with Crippen LogP contribution in [-0.4, -0.2) is 21.0 Å². The zero-order chi connectivity index (χ0) is 20.1. The Balaban J connectivity index is 1.55. The molecule has 2 heterocycles. The van der Waals surface area contributed by atoms with Gasteiger partial charge in [-0.1, -0.05) is 17.7 Å². The Labute approximate surface area is 175 Å². The van der Waals surface area contributed by atoms with Gasteiger partial charge >= 0.3 is 0 Å². The van der Waals surface area contributed by atoms with Crippen molar-refractivity contribution in [2.45, 2.75) is 13.0 Å². The highest BCUT2D eigenvalue weighted by Gasteiger charge is 2.11. The van der Waals surface area contributed by atoms with E-state index < -0.39 is 5.82 Å². The molecule has 10 heteroatoms. The van der Waals surface area contributed by atoms with E-state index in [4.69, 9.17) is 23.8 Å². The van der Waals surface area contributed by atoms with E-state index in [-0.39, 0.29) is 17.0 Å². The number of benzene rings is 1. The molecule has 0 radical (unpaired) electrons. The molecule has 1 amide bonds. The Morgan fingerprint density at radius 2 is 2.07 bits per heavy atom. The second-order valence-corrected chi connectivity index (χ2v) is 7.29. The van der Waals surface area contributed by atoms with Crippen molar-refractivity contribution in [2.24, 2.45) is 0 Å². The van der Waals surface area contributed by atoms with Gasteiger partial charge in [-0.3, -0.25) is 4.79 Å². The van der Waals surface area contributed by atoms with Gasteiger partial charge in [0.2, 0.25) is 0 Å². The minimum absolute atomic E-state index is 0.0738. The molecular formula is C18H15ClFN5OS2. The third kappa shape index (κ3) is 5.22. The van der Waals surface area contributed by atoms with Crippen LogP contribution < -0.4 is 16.0 Å². The van der Waals surface area contributed by atoms with Crippen LogP contribution in [0.25, 0.3) is 0 Å². The topological polar surface area (TPSA) is 78.9 Å². The molecule has 6 nitrogen and oxygen atoms in total. The van der Waals surface area contributed by atoms with Gasteiger partial charge in [0.25, 0.3) is 5.91 Å². The van der Waals surface area contributed by atoms with E-state index in [1.54, 1.807) is 29.1 Å². The monoisotopic (exact) mass is 435 g/mol. The molecule has 0 aliphatic heterocycles. The number of halogens is 2. The molecule has 0 aliphatic carbocycles. The van der Waals surface area contributed by atoms with Crippen molar-refractivity contribution >= 4 is 57.7 Å². The van der Waals surface area contributed by atoms with Gasteiger partial charge in [-0.15, -0.1) is 11.3 Å². The Morgan fingerprint density at radius 1 is 1.25 bits per heavy atom. The first-order valence-corrected chi connectivity index (χ1v) is 9.83. The van der Waals surface area contributed by atoms with E-state index in [0.29, 0.717) is 27.9 Å². The molecule has 0 bridgehead atoms. The highest BCUT2D eigenvalue weighted by molar-refractivity contribution is 7.80. The minimum atomic E-state index is -0.480. The van der Waals surface area contributed by atoms with Crippen LogP contribution in [0.1, 0.15) is 29.0 Å². The number of nitrogens with one attached hydrogen (secondary N) is 3. The molecule has 1 aromatic carbocycles. The number of amides is 1. The van der Waals surface area contributed by atoms with Crippen LogP contribution >= 0.6 is 35.2 Å². The van der Waals surface area contributed by atoms with Crippen LogP contribution in [0.3, 0.4) is 0 Å². The molecule has 0 saturated heterocycles. The minimum Gasteiger partial charge on any atom is -0.356 e. The van der Waals surface area contributed by atoms with Gasteiger partial charge in [-0.05, 0) is 49.0 Å². The molecule has 3 aromatic rings. The van der Waals surface area contributed by atoms with Crippen molar-refractivity contribution < 1.29 is 9.18 Å². The van der Waals surface area contributed by atoms with Crippen molar-refractivity contribution in [2.75, 3.05) is 10.6 Å². The van der Waals surface area contributed by atoms with E-state index in [1.165, 1.54) is 29.7 Å². The van der Waals surface area contributed by atoms with Gasteiger partial charge in [-0.2, -0.15) is 0 Å². The summed E-state index contributed by atoms with van der Waals surface area (Å²) in [5, 5.41) is 10.8. The van der Waals surface area contributed by atoms with Crippen LogP contribution in [0.4, 0.5) is 15.9 Å². The molecule has 0 aliphatic rings. The first kappa shape index (κ1) is 20.1. The van der Waals surface area contributed by atoms with Crippen LogP contribution in [0, 0.1) is 5.82 Å². The van der Waals surface area contributed by atoms with Gasteiger partial charge in [0.15, 0.2) is 5.11 Å². The number of aromatic nitrogens is 2. The predicted molar refractivity (Wildman–Crippen MR) is 113 cm³/mol. The molecule has 3 rings (SSSR count). The number of pyridine rings is 1. The normalized spacial score (nSPS) is 11.5. The van der Waals surface area contributed by atoms with Gasteiger partial charge in [0.1, 0.15) is 17.3 Å². The maximum atomic E-state index is 13.6. The van der Waals surface area contributed by atoms with Crippen molar-refractivity contribution in [1.82, 2.24) is 15.3 Å². The molecule has 28 heavy (non-hydrogen) atoms. The van der Waals surface area contributed by atoms with Crippen molar-refractivity contribution in [3.05, 3.63) is 69.5 Å². The maximum absolute atomic E-state index is 13.6. The number of nitrogens with zero attached hydrogens (tertiary/aromatic N) is 2. The largest absolute Gasteiger partial charge is 0.356 e. The molecular weight excluding hydrogens is 421 g/mol. The Hall–Kier alpha value is -2.62. The first-order chi connectivity index (χ1) is 13.4. The highest BCUT2D eigenvalue weighted by atomic mass is 35.5. The number of carbonyl (C=O) groups excluding carboxylic acids is 1. The van der Waals surface area contributed by atoms with Crippen molar-refractivity contribution in [3.63, 3.8) is 0 Å². The third-order valence-electron chi connectivity index (χ3n) is 3.72. The predicted octanol–water partition coefficient (Wildman–Crippen LogP) is 4.63. The molecule has 0 saturated carbocycles. The average molecular weight is 436 g/mol. The van der Waals surface area contributed by atoms with Gasteiger partial charge < -0.3 is 16.0 Å². The number of carbonyl (C=O) groups is 1. The summed E-state index contributed by atoms with van der Waals surface area (Å²) in [7, 11) is 0. The van der Waals surface area contributed by atoms with E-state index >= 15 is 0 Å². The zero-order valence-corrected chi connectivity index (χ0v) is 17.0. The Morgan fingerprint density at radius 3 is 2.71 bits per heavy atom. The SMILES string of the molecule is CC(NC(=S)Nc1ccc(NC(=O)c2cscn2)nc1)c1ccc(Cl)c(F)c1. The fourth-order valence-electron chi connectivity index (χ4n) is 2.28. The van der Waals surface area contributed by atoms with Crippen LogP contribution in [-0.2, 0) is 0 Å². The van der Waals surface area contributed by atoms with Gasteiger partial charge in [-0.25, -0.2) is 14.4 Å². The number of thiazole rings is 1. The third-order valence-corrected chi connectivity index (χ3v) is 4.83. The summed E-state index contributed by atoms with van der Waals surface area (Å²) in [6.45, 7) is 1.85. The summed E-state index contributed by atoms with van der Waals surface area (Å²) in [6.07, 6.45) is 1.54. The average Bonchev–Trinajstić information content (AvgIpc) is 3.20. The van der Waals surface area contributed by atoms with Crippen molar-refractivity contribution in [3.8, 4) is 0 Å². The molecule has 0 spiro atoms. The quantitative estimate of drug-likeness (QED) is 0.507. The number of hydrogen-bond donors (Lipinski definition) is 3. The lowest BCUT2D eigenvalue weighted by molar-refractivity contribution is 0.102. The van der Waals surface area contributed by atoms with E-state index in [9.17, 15) is 9.18 Å². The van der Waals surface area contributed by atoms with Gasteiger partial charge in [0, 0.05) is 5.38 Å². The van der Waals surface area contributed by atoms with Crippen LogP contribution in [0.15, 0.2) is 47.4 Å². The van der Waals surface area contributed by atoms with E-state index in [1.807, 2.05) is 6.92 Å². The zero-order valence-electron chi connectivity index (χ0n) is 14.6. The molecule has 2 aromatic heterocycles. The number of anilines is 2. The molecule has 1 atom stereocenters. The second-order valence-electron chi connectivity index (χ2n) is 5.75. The van der Waals surface area contributed by atoms with E-state index in [0.717, 1.165) is 0 Å². The molecule has 144 valence electrons. The molecule has 0 fully saturated rings. The Bertz CT molecular complexity index is 982.